The van der Waals surface area contributed by atoms with Crippen molar-refractivity contribution in [3.63, 3.8) is 0 Å². The van der Waals surface area contributed by atoms with Crippen LogP contribution in [0.15, 0.2) is 36.4 Å². The first-order valence-corrected chi connectivity index (χ1v) is 6.64. The molecule has 4 heteroatoms. The highest BCUT2D eigenvalue weighted by molar-refractivity contribution is 5.75. The van der Waals surface area contributed by atoms with Gasteiger partial charge in [-0.3, -0.25) is 4.79 Å². The average molecular weight is 260 g/mol. The third kappa shape index (κ3) is 4.66. The van der Waals surface area contributed by atoms with Gasteiger partial charge in [0.1, 0.15) is 5.75 Å². The van der Waals surface area contributed by atoms with E-state index < -0.39 is 5.91 Å². The number of anilines is 1. The fraction of sp³-hybridized carbons (Fsp3) is 0.400. The fourth-order valence-electron chi connectivity index (χ4n) is 2.13. The number of hydrogen-bond acceptors (Lipinski definition) is 3. The predicted molar refractivity (Wildman–Crippen MR) is 76.1 cm³/mol. The SMILES string of the molecule is NC(=O)COc1ccc(NCC2CC=CCC2)cc1. The van der Waals surface area contributed by atoms with Crippen molar-refractivity contribution in [3.8, 4) is 5.75 Å². The summed E-state index contributed by atoms with van der Waals surface area (Å²) in [5.74, 6) is 0.910. The Balaban J connectivity index is 1.78. The van der Waals surface area contributed by atoms with Gasteiger partial charge in [0, 0.05) is 12.2 Å². The number of nitrogens with two attached hydrogens (primary N) is 1. The molecule has 0 bridgehead atoms. The minimum Gasteiger partial charge on any atom is -0.484 e. The minimum atomic E-state index is -0.465. The van der Waals surface area contributed by atoms with Gasteiger partial charge in [0.15, 0.2) is 6.61 Å². The molecule has 0 saturated heterocycles. The Labute approximate surface area is 113 Å². The van der Waals surface area contributed by atoms with Gasteiger partial charge in [-0.1, -0.05) is 12.2 Å². The molecule has 1 amide bonds. The minimum absolute atomic E-state index is 0.0822. The predicted octanol–water partition coefficient (Wildman–Crippen LogP) is 2.32. The van der Waals surface area contributed by atoms with Crippen molar-refractivity contribution in [1.82, 2.24) is 0 Å². The number of allylic oxidation sites excluding steroid dienone is 2. The average Bonchev–Trinajstić information content (AvgIpc) is 2.45. The largest absolute Gasteiger partial charge is 0.484 e. The van der Waals surface area contributed by atoms with E-state index in [2.05, 4.69) is 17.5 Å². The van der Waals surface area contributed by atoms with Crippen LogP contribution in [0.3, 0.4) is 0 Å². The summed E-state index contributed by atoms with van der Waals surface area (Å²) >= 11 is 0. The number of carbonyl (C=O) groups excluding carboxylic acids is 1. The molecule has 19 heavy (non-hydrogen) atoms. The molecule has 1 aromatic carbocycles. The van der Waals surface area contributed by atoms with Crippen molar-refractivity contribution < 1.29 is 9.53 Å². The molecule has 1 aliphatic rings. The van der Waals surface area contributed by atoms with Gasteiger partial charge < -0.3 is 15.8 Å². The molecule has 102 valence electrons. The maximum Gasteiger partial charge on any atom is 0.255 e. The molecule has 0 fully saturated rings. The Hall–Kier alpha value is -1.97. The highest BCUT2D eigenvalue weighted by Crippen LogP contribution is 2.20. The van der Waals surface area contributed by atoms with Crippen molar-refractivity contribution in [3.05, 3.63) is 36.4 Å². The van der Waals surface area contributed by atoms with Crippen LogP contribution in [-0.4, -0.2) is 19.1 Å². The molecule has 1 aromatic rings. The van der Waals surface area contributed by atoms with Crippen LogP contribution < -0.4 is 15.8 Å². The third-order valence-corrected chi connectivity index (χ3v) is 3.21. The lowest BCUT2D eigenvalue weighted by atomic mass is 9.94. The first kappa shape index (κ1) is 13.5. The Morgan fingerprint density at radius 2 is 2.11 bits per heavy atom. The zero-order valence-corrected chi connectivity index (χ0v) is 11.0. The summed E-state index contributed by atoms with van der Waals surface area (Å²) in [7, 11) is 0. The van der Waals surface area contributed by atoms with Gasteiger partial charge in [-0.25, -0.2) is 0 Å². The summed E-state index contributed by atoms with van der Waals surface area (Å²) in [5.41, 5.74) is 6.09. The summed E-state index contributed by atoms with van der Waals surface area (Å²) in [5, 5.41) is 3.43. The maximum absolute atomic E-state index is 10.6. The molecule has 1 unspecified atom stereocenters. The summed E-state index contributed by atoms with van der Waals surface area (Å²) in [6.07, 6.45) is 8.11. The van der Waals surface area contributed by atoms with Crippen LogP contribution in [0.5, 0.6) is 5.75 Å². The Kier molecular flexibility index (Phi) is 4.84. The summed E-state index contributed by atoms with van der Waals surface area (Å²) in [4.78, 5) is 10.6. The van der Waals surface area contributed by atoms with Crippen molar-refractivity contribution in [2.24, 2.45) is 11.7 Å². The lowest BCUT2D eigenvalue weighted by Gasteiger charge is -2.18. The van der Waals surface area contributed by atoms with Gasteiger partial charge in [-0.05, 0) is 49.4 Å². The van der Waals surface area contributed by atoms with Crippen LogP contribution in [0.2, 0.25) is 0 Å². The molecule has 3 N–H and O–H groups in total. The normalized spacial score (nSPS) is 18.0. The molecule has 1 aliphatic carbocycles. The number of hydrogen-bond donors (Lipinski definition) is 2. The number of carbonyl (C=O) groups is 1. The van der Waals surface area contributed by atoms with E-state index in [1.54, 1.807) is 0 Å². The van der Waals surface area contributed by atoms with Gasteiger partial charge in [-0.15, -0.1) is 0 Å². The standard InChI is InChI=1S/C15H20N2O2/c16-15(18)11-19-14-8-6-13(7-9-14)17-10-12-4-2-1-3-5-12/h1-2,6-9,12,17H,3-5,10-11H2,(H2,16,18). The molecule has 0 aromatic heterocycles. The first-order valence-electron chi connectivity index (χ1n) is 6.64. The van der Waals surface area contributed by atoms with Crippen molar-refractivity contribution in [2.75, 3.05) is 18.5 Å². The summed E-state index contributed by atoms with van der Waals surface area (Å²) in [6, 6.07) is 7.59. The Morgan fingerprint density at radius 3 is 2.74 bits per heavy atom. The van der Waals surface area contributed by atoms with E-state index in [4.69, 9.17) is 10.5 Å². The fourth-order valence-corrected chi connectivity index (χ4v) is 2.13. The van der Waals surface area contributed by atoms with E-state index in [1.165, 1.54) is 12.8 Å². The second kappa shape index (κ2) is 6.83. The van der Waals surface area contributed by atoms with Crippen LogP contribution >= 0.6 is 0 Å². The van der Waals surface area contributed by atoms with E-state index in [9.17, 15) is 4.79 Å². The number of nitrogens with one attached hydrogen (secondary N) is 1. The Bertz CT molecular complexity index is 440. The van der Waals surface area contributed by atoms with E-state index in [1.807, 2.05) is 24.3 Å². The molecule has 0 heterocycles. The van der Waals surface area contributed by atoms with E-state index in [0.717, 1.165) is 24.6 Å². The van der Waals surface area contributed by atoms with Crippen LogP contribution in [0.25, 0.3) is 0 Å². The van der Waals surface area contributed by atoms with Gasteiger partial charge in [0.05, 0.1) is 0 Å². The lowest BCUT2D eigenvalue weighted by molar-refractivity contribution is -0.119. The molecule has 0 aliphatic heterocycles. The molecule has 4 nitrogen and oxygen atoms in total. The second-order valence-electron chi connectivity index (χ2n) is 4.81. The highest BCUT2D eigenvalue weighted by atomic mass is 16.5. The quantitative estimate of drug-likeness (QED) is 0.771. The zero-order valence-electron chi connectivity index (χ0n) is 11.0. The van der Waals surface area contributed by atoms with Gasteiger partial charge in [0.2, 0.25) is 0 Å². The number of ether oxygens (including phenoxy) is 1. The highest BCUT2D eigenvalue weighted by Gasteiger charge is 2.09. The lowest BCUT2D eigenvalue weighted by Crippen LogP contribution is -2.20. The Morgan fingerprint density at radius 1 is 1.32 bits per heavy atom. The first-order chi connectivity index (χ1) is 9.24. The molecule has 0 spiro atoms. The summed E-state index contributed by atoms with van der Waals surface area (Å²) in [6.45, 7) is 0.910. The molecule has 0 radical (unpaired) electrons. The summed E-state index contributed by atoms with van der Waals surface area (Å²) < 4.78 is 5.21. The molecule has 1 atom stereocenters. The van der Waals surface area contributed by atoms with E-state index >= 15 is 0 Å². The van der Waals surface area contributed by atoms with Crippen LogP contribution in [0.4, 0.5) is 5.69 Å². The van der Waals surface area contributed by atoms with Crippen LogP contribution in [-0.2, 0) is 4.79 Å². The number of amides is 1. The number of primary amides is 1. The van der Waals surface area contributed by atoms with Crippen molar-refractivity contribution in [1.29, 1.82) is 0 Å². The van der Waals surface area contributed by atoms with Crippen LogP contribution in [0, 0.1) is 5.92 Å². The van der Waals surface area contributed by atoms with Gasteiger partial charge in [0.25, 0.3) is 5.91 Å². The number of benzene rings is 1. The van der Waals surface area contributed by atoms with E-state index in [-0.39, 0.29) is 6.61 Å². The molecular weight excluding hydrogens is 240 g/mol. The van der Waals surface area contributed by atoms with Crippen molar-refractivity contribution >= 4 is 11.6 Å². The molecular formula is C15H20N2O2. The third-order valence-electron chi connectivity index (χ3n) is 3.21. The second-order valence-corrected chi connectivity index (χ2v) is 4.81. The zero-order chi connectivity index (χ0) is 13.5. The van der Waals surface area contributed by atoms with Gasteiger partial charge >= 0.3 is 0 Å². The monoisotopic (exact) mass is 260 g/mol. The smallest absolute Gasteiger partial charge is 0.255 e. The van der Waals surface area contributed by atoms with Gasteiger partial charge in [-0.2, -0.15) is 0 Å². The molecule has 2 rings (SSSR count). The van der Waals surface area contributed by atoms with E-state index in [0.29, 0.717) is 5.75 Å². The molecule has 0 saturated carbocycles. The maximum atomic E-state index is 10.6. The topological polar surface area (TPSA) is 64.4 Å². The van der Waals surface area contributed by atoms with Crippen LogP contribution in [0.1, 0.15) is 19.3 Å². The number of rotatable bonds is 6. The van der Waals surface area contributed by atoms with Crippen molar-refractivity contribution in [2.45, 2.75) is 19.3 Å².